The summed E-state index contributed by atoms with van der Waals surface area (Å²) in [5.74, 6) is -2.18. The number of pyridine rings is 1. The maximum atomic E-state index is 13.8. The van der Waals surface area contributed by atoms with Crippen LogP contribution in [-0.2, 0) is 15.0 Å². The molecule has 2 aromatic carbocycles. The summed E-state index contributed by atoms with van der Waals surface area (Å²) in [6.07, 6.45) is 2.39. The first-order valence-electron chi connectivity index (χ1n) is 11.2. The van der Waals surface area contributed by atoms with Crippen LogP contribution in [0.4, 0.5) is 4.39 Å². The van der Waals surface area contributed by atoms with Gasteiger partial charge in [0.05, 0.1) is 11.4 Å². The number of benzene rings is 2. The molecule has 1 aliphatic carbocycles. The van der Waals surface area contributed by atoms with Crippen LogP contribution < -0.4 is 0 Å². The van der Waals surface area contributed by atoms with Gasteiger partial charge in [-0.15, -0.1) is 6.58 Å². The molecular formula is C27H27FNO5P. The highest BCUT2D eigenvalue weighted by Crippen LogP contribution is 2.56. The first kappa shape index (κ1) is 25.0. The van der Waals surface area contributed by atoms with E-state index in [1.165, 1.54) is 19.1 Å². The zero-order valence-corrected chi connectivity index (χ0v) is 20.5. The number of carbonyl (C=O) groups is 1. The Labute approximate surface area is 203 Å². The molecule has 1 aromatic heterocycles. The van der Waals surface area contributed by atoms with E-state index in [2.05, 4.69) is 6.58 Å². The van der Waals surface area contributed by atoms with Crippen molar-refractivity contribution in [3.8, 4) is 22.4 Å². The molecule has 3 aromatic rings. The Morgan fingerprint density at radius 2 is 1.74 bits per heavy atom. The van der Waals surface area contributed by atoms with Gasteiger partial charge in [0.2, 0.25) is 8.03 Å². The Morgan fingerprint density at radius 3 is 2.23 bits per heavy atom. The molecule has 3 N–H and O–H groups in total. The van der Waals surface area contributed by atoms with Gasteiger partial charge in [-0.3, -0.25) is 14.3 Å². The third-order valence-electron chi connectivity index (χ3n) is 6.85. The molecule has 0 aliphatic heterocycles. The summed E-state index contributed by atoms with van der Waals surface area (Å²) < 4.78 is 26.4. The fourth-order valence-corrected chi connectivity index (χ4v) is 5.67. The number of aliphatic hydroxyl groups is 1. The van der Waals surface area contributed by atoms with Gasteiger partial charge in [0.1, 0.15) is 11.4 Å². The average Bonchev–Trinajstić information content (AvgIpc) is 3.65. The van der Waals surface area contributed by atoms with Gasteiger partial charge in [0.15, 0.2) is 5.16 Å². The van der Waals surface area contributed by atoms with Crippen LogP contribution in [0.3, 0.4) is 0 Å². The summed E-state index contributed by atoms with van der Waals surface area (Å²) in [4.78, 5) is 27.6. The van der Waals surface area contributed by atoms with Gasteiger partial charge >= 0.3 is 5.97 Å². The highest BCUT2D eigenvalue weighted by molar-refractivity contribution is 7.42. The molecule has 0 radical (unpaired) electrons. The van der Waals surface area contributed by atoms with Crippen molar-refractivity contribution in [2.24, 2.45) is 0 Å². The lowest BCUT2D eigenvalue weighted by atomic mass is 9.75. The number of hydrogen-bond donors (Lipinski definition) is 3. The summed E-state index contributed by atoms with van der Waals surface area (Å²) in [5, 5.41) is 19.5. The molecule has 0 saturated heterocycles. The zero-order valence-electron chi connectivity index (χ0n) is 19.5. The minimum atomic E-state index is -3.89. The third kappa shape index (κ3) is 4.04. The second-order valence-electron chi connectivity index (χ2n) is 9.06. The number of carboxylic acids is 1. The second-order valence-corrected chi connectivity index (χ2v) is 10.5. The molecule has 0 spiro atoms. The van der Waals surface area contributed by atoms with Crippen LogP contribution in [0.1, 0.15) is 42.5 Å². The maximum absolute atomic E-state index is 13.8. The summed E-state index contributed by atoms with van der Waals surface area (Å²) in [7, 11) is -3.89. The maximum Gasteiger partial charge on any atom is 0.326 e. The predicted octanol–water partition coefficient (Wildman–Crippen LogP) is 5.42. The van der Waals surface area contributed by atoms with E-state index in [4.69, 9.17) is 4.98 Å². The first-order valence-corrected chi connectivity index (χ1v) is 12.6. The monoisotopic (exact) mass is 495 g/mol. The second kappa shape index (κ2) is 9.15. The van der Waals surface area contributed by atoms with Crippen LogP contribution in [0, 0.1) is 12.7 Å². The molecule has 4 rings (SSSR count). The van der Waals surface area contributed by atoms with Crippen LogP contribution in [0.25, 0.3) is 22.4 Å². The predicted molar refractivity (Wildman–Crippen MR) is 133 cm³/mol. The Balaban J connectivity index is 2.17. The van der Waals surface area contributed by atoms with E-state index in [0.29, 0.717) is 28.1 Å². The summed E-state index contributed by atoms with van der Waals surface area (Å²) in [5.41, 5.74) is 1.34. The van der Waals surface area contributed by atoms with Gasteiger partial charge < -0.3 is 15.1 Å². The van der Waals surface area contributed by atoms with E-state index in [9.17, 15) is 28.9 Å². The van der Waals surface area contributed by atoms with E-state index in [1.807, 2.05) is 30.3 Å². The molecule has 1 saturated carbocycles. The number of aliphatic carboxylic acids is 1. The number of halogens is 1. The molecule has 35 heavy (non-hydrogen) atoms. The molecule has 1 fully saturated rings. The molecule has 1 aliphatic rings. The lowest BCUT2D eigenvalue weighted by Gasteiger charge is -2.40. The topological polar surface area (TPSA) is 108 Å². The van der Waals surface area contributed by atoms with Crippen molar-refractivity contribution < 1.29 is 28.9 Å². The molecule has 0 bridgehead atoms. The first-order chi connectivity index (χ1) is 16.6. The Hall–Kier alpha value is -3.12. The molecule has 8 heteroatoms. The Kier molecular flexibility index (Phi) is 6.54. The minimum absolute atomic E-state index is 0.0592. The minimum Gasteiger partial charge on any atom is -0.480 e. The van der Waals surface area contributed by atoms with E-state index in [0.717, 1.165) is 24.5 Å². The van der Waals surface area contributed by atoms with Crippen molar-refractivity contribution in [1.29, 1.82) is 0 Å². The number of rotatable bonds is 8. The number of nitrogens with zero attached hydrogens (tertiary/aromatic N) is 1. The van der Waals surface area contributed by atoms with Crippen LogP contribution in [0.2, 0.25) is 0 Å². The van der Waals surface area contributed by atoms with Gasteiger partial charge in [-0.2, -0.15) is 0 Å². The summed E-state index contributed by atoms with van der Waals surface area (Å²) in [6, 6.07) is 15.1. The van der Waals surface area contributed by atoms with Crippen molar-refractivity contribution in [3.05, 3.63) is 89.9 Å². The molecule has 182 valence electrons. The largest absolute Gasteiger partial charge is 0.480 e. The van der Waals surface area contributed by atoms with Crippen molar-refractivity contribution in [2.75, 3.05) is 0 Å². The van der Waals surface area contributed by atoms with Crippen molar-refractivity contribution in [3.63, 3.8) is 0 Å². The summed E-state index contributed by atoms with van der Waals surface area (Å²) in [6.45, 7) is 6.53. The highest BCUT2D eigenvalue weighted by Gasteiger charge is 2.59. The third-order valence-corrected chi connectivity index (χ3v) is 8.43. The molecule has 6 nitrogen and oxygen atoms in total. The van der Waals surface area contributed by atoms with E-state index in [1.54, 1.807) is 19.1 Å². The fourth-order valence-electron chi connectivity index (χ4n) is 4.77. The molecule has 3 atom stereocenters. The smallest absolute Gasteiger partial charge is 0.326 e. The van der Waals surface area contributed by atoms with E-state index >= 15 is 0 Å². The lowest BCUT2D eigenvalue weighted by molar-refractivity contribution is -0.145. The van der Waals surface area contributed by atoms with Crippen molar-refractivity contribution in [1.82, 2.24) is 4.98 Å². The molecule has 3 unspecified atom stereocenters. The Bertz CT molecular complexity index is 1300. The van der Waals surface area contributed by atoms with Crippen LogP contribution in [0.5, 0.6) is 0 Å². The SMILES string of the molecule is C=CC(C(=O)O)([PH](=O)O)C(C)(O)c1c(C2CC2)nc(-c2ccccc2)c(C)c1-c1ccc(F)cc1. The molecule has 1 heterocycles. The van der Waals surface area contributed by atoms with Gasteiger partial charge in [-0.05, 0) is 55.5 Å². The van der Waals surface area contributed by atoms with Crippen molar-refractivity contribution in [2.45, 2.75) is 43.4 Å². The quantitative estimate of drug-likeness (QED) is 0.284. The van der Waals surface area contributed by atoms with Gasteiger partial charge in [0, 0.05) is 17.0 Å². The van der Waals surface area contributed by atoms with Crippen LogP contribution in [-0.4, -0.2) is 31.2 Å². The average molecular weight is 495 g/mol. The van der Waals surface area contributed by atoms with Crippen LogP contribution >= 0.6 is 8.03 Å². The molecular weight excluding hydrogens is 468 g/mol. The number of aromatic nitrogens is 1. The van der Waals surface area contributed by atoms with Crippen molar-refractivity contribution >= 4 is 14.0 Å². The normalized spacial score (nSPS) is 17.7. The summed E-state index contributed by atoms with van der Waals surface area (Å²) >= 11 is 0. The lowest BCUT2D eigenvalue weighted by Crippen LogP contribution is -2.52. The Morgan fingerprint density at radius 1 is 1.14 bits per heavy atom. The van der Waals surface area contributed by atoms with Gasteiger partial charge in [0.25, 0.3) is 0 Å². The van der Waals surface area contributed by atoms with Gasteiger partial charge in [-0.1, -0.05) is 48.5 Å². The zero-order chi connectivity index (χ0) is 25.5. The standard InChI is InChI=1S/C27H27FNO5P/c1-4-27(25(30)31,35(33)34)26(3,32)22-21(17-12-14-20(28)15-13-17)16(2)23(18-8-6-5-7-9-18)29-24(22)19-10-11-19/h4-9,12-15,19,32,35H,1,10-11H2,2-3H3,(H,30,31)(H,33,34). The van der Waals surface area contributed by atoms with E-state index < -0.39 is 30.6 Å². The van der Waals surface area contributed by atoms with Crippen LogP contribution in [0.15, 0.2) is 67.3 Å². The van der Waals surface area contributed by atoms with E-state index in [-0.39, 0.29) is 11.5 Å². The number of hydrogen-bond acceptors (Lipinski definition) is 4. The van der Waals surface area contributed by atoms with Gasteiger partial charge in [-0.25, -0.2) is 4.39 Å². The number of carboxylic acid groups (broad SMARTS) is 1. The highest BCUT2D eigenvalue weighted by atomic mass is 31.1. The molecule has 0 amide bonds. The fraction of sp³-hybridized carbons (Fsp3) is 0.259.